The number of benzene rings is 8. The molecule has 3 heterocycles. The molecule has 0 unspecified atom stereocenters. The molecular weight excluding hydrogens is 673 g/mol. The summed E-state index contributed by atoms with van der Waals surface area (Å²) in [7, 11) is 0. The Labute approximate surface area is 316 Å². The van der Waals surface area contributed by atoms with Crippen molar-refractivity contribution in [3.63, 3.8) is 0 Å². The van der Waals surface area contributed by atoms with Gasteiger partial charge in [-0.15, -0.1) is 11.3 Å². The van der Waals surface area contributed by atoms with Gasteiger partial charge in [0.05, 0.1) is 22.1 Å². The first-order chi connectivity index (χ1) is 26.5. The van der Waals surface area contributed by atoms with Crippen LogP contribution in [-0.2, 0) is 5.41 Å². The maximum Gasteiger partial charge on any atom is 0.0548 e. The Kier molecular flexibility index (Phi) is 6.03. The molecule has 54 heavy (non-hydrogen) atoms. The van der Waals surface area contributed by atoms with E-state index in [2.05, 4.69) is 193 Å². The third kappa shape index (κ3) is 4.00. The number of hydrogen-bond acceptors (Lipinski definition) is 1. The van der Waals surface area contributed by atoms with Crippen molar-refractivity contribution in [2.45, 2.75) is 19.3 Å². The van der Waals surface area contributed by atoms with Gasteiger partial charge in [0, 0.05) is 58.5 Å². The molecule has 0 amide bonds. The molecule has 8 aromatic carbocycles. The summed E-state index contributed by atoms with van der Waals surface area (Å²) in [6.07, 6.45) is 0. The second kappa shape index (κ2) is 10.8. The van der Waals surface area contributed by atoms with Gasteiger partial charge in [0.15, 0.2) is 0 Å². The minimum Gasteiger partial charge on any atom is -0.309 e. The minimum absolute atomic E-state index is 0.0681. The molecule has 254 valence electrons. The van der Waals surface area contributed by atoms with Crippen molar-refractivity contribution in [2.75, 3.05) is 0 Å². The molecule has 1 aliphatic rings. The molecule has 0 saturated heterocycles. The fraction of sp³-hybridized carbons (Fsp3) is 0.0588. The molecule has 12 rings (SSSR count). The van der Waals surface area contributed by atoms with Crippen LogP contribution in [0.25, 0.3) is 97.4 Å². The number of hydrogen-bond donors (Lipinski definition) is 0. The molecule has 0 aliphatic heterocycles. The van der Waals surface area contributed by atoms with Gasteiger partial charge >= 0.3 is 0 Å². The summed E-state index contributed by atoms with van der Waals surface area (Å²) < 4.78 is 7.62. The molecule has 0 spiro atoms. The highest BCUT2D eigenvalue weighted by Gasteiger charge is 2.35. The maximum atomic E-state index is 2.49. The van der Waals surface area contributed by atoms with E-state index in [9.17, 15) is 0 Å². The van der Waals surface area contributed by atoms with Gasteiger partial charge in [0.1, 0.15) is 0 Å². The fourth-order valence-corrected chi connectivity index (χ4v) is 10.8. The molecule has 2 nitrogen and oxygen atoms in total. The molecule has 3 heteroatoms. The number of nitrogens with zero attached hydrogens (tertiary/aromatic N) is 2. The summed E-state index contributed by atoms with van der Waals surface area (Å²) >= 11 is 1.89. The number of aromatic nitrogens is 2. The van der Waals surface area contributed by atoms with Gasteiger partial charge in [-0.2, -0.15) is 0 Å². The number of fused-ring (bicyclic) bond motifs is 12. The van der Waals surface area contributed by atoms with Gasteiger partial charge in [0.2, 0.25) is 0 Å². The van der Waals surface area contributed by atoms with Crippen molar-refractivity contribution in [1.82, 2.24) is 9.13 Å². The number of thiophene rings is 1. The Morgan fingerprint density at radius 3 is 1.69 bits per heavy atom. The highest BCUT2D eigenvalue weighted by atomic mass is 32.1. The van der Waals surface area contributed by atoms with Gasteiger partial charge in [-0.25, -0.2) is 0 Å². The molecule has 0 atom stereocenters. The zero-order chi connectivity index (χ0) is 35.7. The van der Waals surface area contributed by atoms with E-state index in [0.717, 1.165) is 5.69 Å². The molecule has 0 bridgehead atoms. The van der Waals surface area contributed by atoms with Gasteiger partial charge in [-0.05, 0) is 88.0 Å². The van der Waals surface area contributed by atoms with E-state index in [1.807, 2.05) is 11.3 Å². The largest absolute Gasteiger partial charge is 0.309 e. The van der Waals surface area contributed by atoms with Gasteiger partial charge in [-0.1, -0.05) is 129 Å². The fourth-order valence-electron chi connectivity index (χ4n) is 9.58. The highest BCUT2D eigenvalue weighted by Crippen LogP contribution is 2.50. The minimum atomic E-state index is -0.0681. The first kappa shape index (κ1) is 30.1. The van der Waals surface area contributed by atoms with Crippen LogP contribution in [0.4, 0.5) is 0 Å². The number of para-hydroxylation sites is 2. The van der Waals surface area contributed by atoms with Crippen LogP contribution in [0.3, 0.4) is 0 Å². The zero-order valence-corrected chi connectivity index (χ0v) is 30.8. The van der Waals surface area contributed by atoms with E-state index in [1.165, 1.54) is 103 Å². The summed E-state index contributed by atoms with van der Waals surface area (Å²) in [4.78, 5) is 0. The normalized spacial score (nSPS) is 13.5. The lowest BCUT2D eigenvalue weighted by atomic mass is 9.82. The summed E-state index contributed by atoms with van der Waals surface area (Å²) in [5, 5.41) is 7.71. The van der Waals surface area contributed by atoms with Crippen LogP contribution < -0.4 is 0 Å². The predicted octanol–water partition coefficient (Wildman–Crippen LogP) is 14.2. The third-order valence-corrected chi connectivity index (χ3v) is 13.4. The second-order valence-electron chi connectivity index (χ2n) is 15.3. The molecule has 11 aromatic rings. The standard InChI is InChI=1S/C51H34N2S/c1-51(2)43-18-7-3-12-35(43)36-27-26-33(28-44(36)51)53-46-20-9-5-14-38(46)42-29-47-41(30-48(42)53)37-13-4-8-19-45(37)52(47)32-24-22-31(23-25-32)34-16-11-17-40-39-15-6-10-21-49(39)54-50(34)40/h3-30H,1-2H3. The van der Waals surface area contributed by atoms with Crippen LogP contribution in [0.2, 0.25) is 0 Å². The van der Waals surface area contributed by atoms with Crippen LogP contribution in [0.1, 0.15) is 25.0 Å². The molecule has 3 aromatic heterocycles. The summed E-state index contributed by atoms with van der Waals surface area (Å²) in [5.74, 6) is 0. The molecule has 0 N–H and O–H groups in total. The van der Waals surface area contributed by atoms with Crippen LogP contribution in [0.15, 0.2) is 170 Å². The summed E-state index contributed by atoms with van der Waals surface area (Å²) in [6, 6.07) is 63.3. The lowest BCUT2D eigenvalue weighted by Crippen LogP contribution is -2.15. The van der Waals surface area contributed by atoms with Crippen molar-refractivity contribution in [3.8, 4) is 33.6 Å². The van der Waals surface area contributed by atoms with Crippen LogP contribution >= 0.6 is 11.3 Å². The van der Waals surface area contributed by atoms with E-state index in [1.54, 1.807) is 0 Å². The Morgan fingerprint density at radius 2 is 0.944 bits per heavy atom. The first-order valence-corrected chi connectivity index (χ1v) is 19.6. The van der Waals surface area contributed by atoms with E-state index in [0.29, 0.717) is 0 Å². The smallest absolute Gasteiger partial charge is 0.0548 e. The second-order valence-corrected chi connectivity index (χ2v) is 16.4. The average molecular weight is 707 g/mol. The summed E-state index contributed by atoms with van der Waals surface area (Å²) in [6.45, 7) is 4.73. The predicted molar refractivity (Wildman–Crippen MR) is 231 cm³/mol. The molecule has 0 radical (unpaired) electrons. The van der Waals surface area contributed by atoms with Crippen molar-refractivity contribution < 1.29 is 0 Å². The molecule has 0 saturated carbocycles. The van der Waals surface area contributed by atoms with Crippen molar-refractivity contribution in [3.05, 3.63) is 181 Å². The SMILES string of the molecule is CC1(C)c2ccccc2-c2ccc(-n3c4ccccc4c4cc5c(cc43)c3ccccc3n5-c3ccc(-c4cccc5c4sc4ccccc45)cc3)cc21. The molecule has 1 aliphatic carbocycles. The van der Waals surface area contributed by atoms with Gasteiger partial charge < -0.3 is 9.13 Å². The van der Waals surface area contributed by atoms with Gasteiger partial charge in [0.25, 0.3) is 0 Å². The zero-order valence-electron chi connectivity index (χ0n) is 30.0. The topological polar surface area (TPSA) is 9.86 Å². The quantitative estimate of drug-likeness (QED) is 0.173. The Hall–Kier alpha value is -6.42. The third-order valence-electron chi connectivity index (χ3n) is 12.1. The van der Waals surface area contributed by atoms with Crippen LogP contribution in [-0.4, -0.2) is 9.13 Å². The van der Waals surface area contributed by atoms with Crippen molar-refractivity contribution in [1.29, 1.82) is 0 Å². The van der Waals surface area contributed by atoms with Crippen molar-refractivity contribution in [2.24, 2.45) is 0 Å². The lowest BCUT2D eigenvalue weighted by molar-refractivity contribution is 0.660. The highest BCUT2D eigenvalue weighted by molar-refractivity contribution is 7.26. The molecular formula is C51H34N2S. The van der Waals surface area contributed by atoms with Crippen LogP contribution in [0, 0.1) is 0 Å². The van der Waals surface area contributed by atoms with E-state index in [-0.39, 0.29) is 5.41 Å². The van der Waals surface area contributed by atoms with Gasteiger partial charge in [-0.3, -0.25) is 0 Å². The monoisotopic (exact) mass is 706 g/mol. The summed E-state index contributed by atoms with van der Waals surface area (Å²) in [5.41, 5.74) is 15.2. The Bertz CT molecular complexity index is 3350. The Morgan fingerprint density at radius 1 is 0.389 bits per heavy atom. The first-order valence-electron chi connectivity index (χ1n) is 18.8. The number of rotatable bonds is 3. The van der Waals surface area contributed by atoms with E-state index >= 15 is 0 Å². The van der Waals surface area contributed by atoms with Crippen LogP contribution in [0.5, 0.6) is 0 Å². The average Bonchev–Trinajstić information content (AvgIpc) is 3.92. The van der Waals surface area contributed by atoms with Crippen molar-refractivity contribution >= 4 is 75.1 Å². The Balaban J connectivity index is 1.06. The maximum absolute atomic E-state index is 2.49. The van der Waals surface area contributed by atoms with E-state index < -0.39 is 0 Å². The lowest BCUT2D eigenvalue weighted by Gasteiger charge is -2.22. The molecule has 0 fully saturated rings. The van der Waals surface area contributed by atoms with E-state index in [4.69, 9.17) is 0 Å².